The summed E-state index contributed by atoms with van der Waals surface area (Å²) in [6.07, 6.45) is 1.10. The average Bonchev–Trinajstić information content (AvgIpc) is 2.96. The van der Waals surface area contributed by atoms with Gasteiger partial charge in [0.25, 0.3) is 10.0 Å². The Morgan fingerprint density at radius 2 is 1.60 bits per heavy atom. The third-order valence-electron chi connectivity index (χ3n) is 6.79. The van der Waals surface area contributed by atoms with Gasteiger partial charge in [-0.05, 0) is 56.5 Å². The quantitative estimate of drug-likeness (QED) is 0.317. The molecular formula is C31H39N3O5S. The second-order valence-corrected chi connectivity index (χ2v) is 11.6. The summed E-state index contributed by atoms with van der Waals surface area (Å²) in [5.41, 5.74) is 2.09. The normalized spacial score (nSPS) is 12.7. The SMILES string of the molecule is CCC(C)NC(=O)C(CC)N(Cc1cccc(C)c1)C(=O)CN(c1ccccc1OC)S(=O)(=O)c1ccccc1. The smallest absolute Gasteiger partial charge is 0.264 e. The maximum Gasteiger partial charge on any atom is 0.264 e. The minimum Gasteiger partial charge on any atom is -0.495 e. The zero-order valence-corrected chi connectivity index (χ0v) is 24.6. The van der Waals surface area contributed by atoms with Gasteiger partial charge in [-0.25, -0.2) is 8.42 Å². The molecule has 0 aliphatic carbocycles. The molecular weight excluding hydrogens is 526 g/mol. The molecule has 2 atom stereocenters. The van der Waals surface area contributed by atoms with Crippen molar-refractivity contribution < 1.29 is 22.7 Å². The molecule has 1 N–H and O–H groups in total. The fraction of sp³-hybridized carbons (Fsp3) is 0.355. The summed E-state index contributed by atoms with van der Waals surface area (Å²) in [7, 11) is -2.72. The number of anilines is 1. The fourth-order valence-electron chi connectivity index (χ4n) is 4.44. The van der Waals surface area contributed by atoms with E-state index in [1.165, 1.54) is 24.1 Å². The van der Waals surface area contributed by atoms with E-state index in [2.05, 4.69) is 5.32 Å². The van der Waals surface area contributed by atoms with Crippen molar-refractivity contribution in [1.82, 2.24) is 10.2 Å². The molecule has 0 saturated heterocycles. The molecule has 9 heteroatoms. The number of nitrogens with one attached hydrogen (secondary N) is 1. The third-order valence-corrected chi connectivity index (χ3v) is 8.56. The third kappa shape index (κ3) is 7.41. The van der Waals surface area contributed by atoms with Gasteiger partial charge in [0.1, 0.15) is 18.3 Å². The predicted octanol–water partition coefficient (Wildman–Crippen LogP) is 4.92. The highest BCUT2D eigenvalue weighted by Crippen LogP contribution is 2.32. The second kappa shape index (κ2) is 14.0. The van der Waals surface area contributed by atoms with Gasteiger partial charge in [0, 0.05) is 12.6 Å². The number of hydrogen-bond acceptors (Lipinski definition) is 5. The first-order valence-electron chi connectivity index (χ1n) is 13.5. The Morgan fingerprint density at radius 1 is 0.925 bits per heavy atom. The van der Waals surface area contributed by atoms with Crippen LogP contribution in [0, 0.1) is 6.92 Å². The van der Waals surface area contributed by atoms with Crippen LogP contribution < -0.4 is 14.4 Å². The van der Waals surface area contributed by atoms with E-state index in [0.717, 1.165) is 21.9 Å². The van der Waals surface area contributed by atoms with Crippen LogP contribution in [0.3, 0.4) is 0 Å². The van der Waals surface area contributed by atoms with Crippen molar-refractivity contribution in [1.29, 1.82) is 0 Å². The Hall–Kier alpha value is -3.85. The number of rotatable bonds is 13. The summed E-state index contributed by atoms with van der Waals surface area (Å²) in [5, 5.41) is 2.99. The highest BCUT2D eigenvalue weighted by atomic mass is 32.2. The molecule has 0 fully saturated rings. The summed E-state index contributed by atoms with van der Waals surface area (Å²) in [6.45, 7) is 7.32. The van der Waals surface area contributed by atoms with Gasteiger partial charge in [-0.15, -0.1) is 0 Å². The minimum absolute atomic E-state index is 0.0421. The van der Waals surface area contributed by atoms with E-state index in [1.54, 1.807) is 42.5 Å². The van der Waals surface area contributed by atoms with Gasteiger partial charge < -0.3 is 15.0 Å². The number of amides is 2. The molecule has 2 unspecified atom stereocenters. The number of ether oxygens (including phenoxy) is 1. The number of nitrogens with zero attached hydrogens (tertiary/aromatic N) is 2. The summed E-state index contributed by atoms with van der Waals surface area (Å²) < 4.78 is 34.4. The lowest BCUT2D eigenvalue weighted by atomic mass is 10.1. The van der Waals surface area contributed by atoms with E-state index in [1.807, 2.05) is 52.0 Å². The molecule has 0 aromatic heterocycles. The monoisotopic (exact) mass is 565 g/mol. The zero-order valence-electron chi connectivity index (χ0n) is 23.8. The number of sulfonamides is 1. The van der Waals surface area contributed by atoms with Gasteiger partial charge in [-0.2, -0.15) is 0 Å². The average molecular weight is 566 g/mol. The molecule has 214 valence electrons. The topological polar surface area (TPSA) is 96.0 Å². The molecule has 3 aromatic carbocycles. The molecule has 2 amide bonds. The van der Waals surface area contributed by atoms with Crippen molar-refractivity contribution >= 4 is 27.5 Å². The van der Waals surface area contributed by atoms with E-state index in [4.69, 9.17) is 4.74 Å². The maximum absolute atomic E-state index is 14.2. The van der Waals surface area contributed by atoms with Crippen LogP contribution in [-0.4, -0.2) is 50.9 Å². The lowest BCUT2D eigenvalue weighted by Gasteiger charge is -2.34. The van der Waals surface area contributed by atoms with E-state index in [-0.39, 0.29) is 29.1 Å². The van der Waals surface area contributed by atoms with Crippen molar-refractivity contribution in [3.8, 4) is 5.75 Å². The number of para-hydroxylation sites is 2. The molecule has 0 heterocycles. The van der Waals surface area contributed by atoms with Crippen molar-refractivity contribution in [3.05, 3.63) is 90.0 Å². The van der Waals surface area contributed by atoms with E-state index in [9.17, 15) is 18.0 Å². The Morgan fingerprint density at radius 3 is 2.23 bits per heavy atom. The molecule has 3 aromatic rings. The number of carbonyl (C=O) groups is 2. The Bertz CT molecular complexity index is 1390. The van der Waals surface area contributed by atoms with Crippen LogP contribution >= 0.6 is 0 Å². The van der Waals surface area contributed by atoms with Crippen molar-refractivity contribution in [2.24, 2.45) is 0 Å². The molecule has 3 rings (SSSR count). The first-order valence-corrected chi connectivity index (χ1v) is 14.9. The first-order chi connectivity index (χ1) is 19.1. The lowest BCUT2D eigenvalue weighted by molar-refractivity contribution is -0.140. The van der Waals surface area contributed by atoms with Crippen LogP contribution in [0.2, 0.25) is 0 Å². The Kier molecular flexibility index (Phi) is 10.7. The predicted molar refractivity (Wildman–Crippen MR) is 158 cm³/mol. The molecule has 0 aliphatic rings. The van der Waals surface area contributed by atoms with Gasteiger partial charge in [-0.1, -0.05) is 74.0 Å². The Labute approximate surface area is 238 Å². The molecule has 0 aliphatic heterocycles. The van der Waals surface area contributed by atoms with Crippen LogP contribution in [0.25, 0.3) is 0 Å². The molecule has 0 radical (unpaired) electrons. The van der Waals surface area contributed by atoms with Crippen LogP contribution in [0.5, 0.6) is 5.75 Å². The number of aryl methyl sites for hydroxylation is 1. The van der Waals surface area contributed by atoms with Crippen molar-refractivity contribution in [2.45, 2.75) is 64.1 Å². The lowest BCUT2D eigenvalue weighted by Crippen LogP contribution is -2.53. The fourth-order valence-corrected chi connectivity index (χ4v) is 5.88. The standard InChI is InChI=1S/C31H39N3O5S/c1-6-24(4)32-31(36)27(7-2)33(21-25-15-13-14-23(3)20-25)30(35)22-34(28-18-11-12-19-29(28)39-5)40(37,38)26-16-9-8-10-17-26/h8-20,24,27H,6-7,21-22H2,1-5H3,(H,32,36). The van der Waals surface area contributed by atoms with Crippen LogP contribution in [0.15, 0.2) is 83.8 Å². The first kappa shape index (κ1) is 30.7. The number of methoxy groups -OCH3 is 1. The molecule has 8 nitrogen and oxygen atoms in total. The number of carbonyl (C=O) groups excluding carboxylic acids is 2. The van der Waals surface area contributed by atoms with E-state index in [0.29, 0.717) is 12.2 Å². The summed E-state index contributed by atoms with van der Waals surface area (Å²) in [6, 6.07) is 21.5. The molecule has 0 spiro atoms. The van der Waals surface area contributed by atoms with Crippen molar-refractivity contribution in [3.63, 3.8) is 0 Å². The van der Waals surface area contributed by atoms with E-state index < -0.39 is 28.5 Å². The summed E-state index contributed by atoms with van der Waals surface area (Å²) >= 11 is 0. The zero-order chi connectivity index (χ0) is 29.3. The molecule has 40 heavy (non-hydrogen) atoms. The minimum atomic E-state index is -4.17. The van der Waals surface area contributed by atoms with Gasteiger partial charge >= 0.3 is 0 Å². The molecule has 0 bridgehead atoms. The number of hydrogen-bond donors (Lipinski definition) is 1. The number of benzene rings is 3. The highest BCUT2D eigenvalue weighted by Gasteiger charge is 2.34. The second-order valence-electron chi connectivity index (χ2n) is 9.75. The van der Waals surface area contributed by atoms with Crippen molar-refractivity contribution in [2.75, 3.05) is 18.0 Å². The van der Waals surface area contributed by atoms with Crippen LogP contribution in [-0.2, 0) is 26.2 Å². The summed E-state index contributed by atoms with van der Waals surface area (Å²) in [4.78, 5) is 29.0. The Balaban J connectivity index is 2.09. The van der Waals surface area contributed by atoms with Gasteiger partial charge in [0.05, 0.1) is 17.7 Å². The highest BCUT2D eigenvalue weighted by molar-refractivity contribution is 7.92. The van der Waals surface area contributed by atoms with Gasteiger partial charge in [0.15, 0.2) is 0 Å². The largest absolute Gasteiger partial charge is 0.495 e. The van der Waals surface area contributed by atoms with Crippen LogP contribution in [0.1, 0.15) is 44.7 Å². The maximum atomic E-state index is 14.2. The summed E-state index contributed by atoms with van der Waals surface area (Å²) in [5.74, 6) is -0.465. The molecule has 0 saturated carbocycles. The van der Waals surface area contributed by atoms with E-state index >= 15 is 0 Å². The van der Waals surface area contributed by atoms with Crippen LogP contribution in [0.4, 0.5) is 5.69 Å². The van der Waals surface area contributed by atoms with Gasteiger partial charge in [0.2, 0.25) is 11.8 Å². The van der Waals surface area contributed by atoms with Gasteiger partial charge in [-0.3, -0.25) is 13.9 Å².